The van der Waals surface area contributed by atoms with Gasteiger partial charge in [-0.1, -0.05) is 6.92 Å². The monoisotopic (exact) mass is 330 g/mol. The zero-order valence-corrected chi connectivity index (χ0v) is 11.2. The van der Waals surface area contributed by atoms with Crippen LogP contribution in [0.25, 0.3) is 0 Å². The average molecular weight is 330 g/mol. The van der Waals surface area contributed by atoms with Gasteiger partial charge in [-0.05, 0) is 13.3 Å². The first kappa shape index (κ1) is 12.0. The van der Waals surface area contributed by atoms with Crippen LogP contribution in [0, 0.1) is 0 Å². The van der Waals surface area contributed by atoms with E-state index in [4.69, 9.17) is 10.2 Å². The van der Waals surface area contributed by atoms with Crippen molar-refractivity contribution in [2.24, 2.45) is 0 Å². The molecule has 0 saturated heterocycles. The fraction of sp³-hybridized carbons (Fsp3) is 0.800. The molecule has 2 N–H and O–H groups in total. The quantitative estimate of drug-likeness (QED) is 0.642. The van der Waals surface area contributed by atoms with Crippen LogP contribution in [0.3, 0.4) is 0 Å². The summed E-state index contributed by atoms with van der Waals surface area (Å²) in [6, 6.07) is 0. The molecule has 0 aromatic heterocycles. The van der Waals surface area contributed by atoms with Crippen LogP contribution in [0.1, 0.15) is 20.3 Å². The van der Waals surface area contributed by atoms with Crippen LogP contribution in [-0.4, -0.2) is 48.0 Å². The van der Waals surface area contributed by atoms with Crippen LogP contribution < -0.4 is 0 Å². The number of carbonyl (C=O) groups is 1. The first-order chi connectivity index (χ1) is 3.50. The molecule has 4 heteroatoms. The summed E-state index contributed by atoms with van der Waals surface area (Å²) in [6.07, 6.45) is 0.238. The molecule has 0 aromatic carbocycles. The van der Waals surface area contributed by atoms with Crippen LogP contribution in [0.4, 0.5) is 0 Å². The number of hydrogen-bond donors (Lipinski definition) is 2. The summed E-state index contributed by atoms with van der Waals surface area (Å²) in [6.45, 7) is 2.89. The van der Waals surface area contributed by atoms with E-state index in [2.05, 4.69) is 0 Å². The predicted octanol–water partition coefficient (Wildman–Crippen LogP) is -0.952. The van der Waals surface area contributed by atoms with Gasteiger partial charge in [0.15, 0.2) is 5.60 Å². The molecule has 0 aliphatic heterocycles. The van der Waals surface area contributed by atoms with Gasteiger partial charge >= 0.3 is 32.2 Å². The molecule has 0 rings (SSSR count). The Morgan fingerprint density at radius 1 is 1.67 bits per heavy atom. The van der Waals surface area contributed by atoms with Gasteiger partial charge in [0.25, 0.3) is 0 Å². The van der Waals surface area contributed by atoms with Gasteiger partial charge in [-0.25, -0.2) is 4.79 Å². The van der Waals surface area contributed by atoms with E-state index in [9.17, 15) is 4.79 Å². The standard InChI is InChI=1S/C5H10O3.Bi.3H/c1-3-5(2,8)4(6)7;;;;/h8H,3H2,1-2H3,(H,6,7);;;;. The number of carboxylic acids is 1. The molecule has 0 spiro atoms. The minimum absolute atomic E-state index is 0. The van der Waals surface area contributed by atoms with Crippen molar-refractivity contribution in [2.45, 2.75) is 25.9 Å². The Morgan fingerprint density at radius 2 is 2.00 bits per heavy atom. The molecule has 0 aromatic rings. The molecule has 0 aliphatic rings. The predicted molar refractivity (Wildman–Crippen MR) is 38.5 cm³/mol. The summed E-state index contributed by atoms with van der Waals surface area (Å²) in [5, 5.41) is 17.0. The van der Waals surface area contributed by atoms with Crippen molar-refractivity contribution in [1.29, 1.82) is 0 Å². The van der Waals surface area contributed by atoms with Gasteiger partial charge in [0.05, 0.1) is 0 Å². The first-order valence-electron chi connectivity index (χ1n) is 2.46. The second-order valence-corrected chi connectivity index (χ2v) is 1.93. The number of aliphatic carboxylic acids is 1. The van der Waals surface area contributed by atoms with Crippen LogP contribution >= 0.6 is 0 Å². The summed E-state index contributed by atoms with van der Waals surface area (Å²) in [5.41, 5.74) is -1.54. The van der Waals surface area contributed by atoms with Crippen molar-refractivity contribution in [2.75, 3.05) is 0 Å². The Labute approximate surface area is 73.2 Å². The van der Waals surface area contributed by atoms with E-state index in [1.165, 1.54) is 6.92 Å². The van der Waals surface area contributed by atoms with Gasteiger partial charge in [0.1, 0.15) is 0 Å². The van der Waals surface area contributed by atoms with E-state index in [-0.39, 0.29) is 32.6 Å². The molecule has 0 bridgehead atoms. The molecule has 0 fully saturated rings. The Kier molecular flexibility index (Phi) is 5.59. The fourth-order valence-electron chi connectivity index (χ4n) is 0.151. The van der Waals surface area contributed by atoms with E-state index in [1.807, 2.05) is 0 Å². The molecule has 0 saturated carbocycles. The van der Waals surface area contributed by atoms with E-state index < -0.39 is 11.6 Å². The van der Waals surface area contributed by atoms with Crippen molar-refractivity contribution < 1.29 is 15.0 Å². The summed E-state index contributed by atoms with van der Waals surface area (Å²) in [7, 11) is 0. The SMILES string of the molecule is CCC(C)(O)C(=O)O.[BiH3]. The van der Waals surface area contributed by atoms with E-state index in [0.717, 1.165) is 0 Å². The van der Waals surface area contributed by atoms with Gasteiger partial charge in [-0.2, -0.15) is 0 Å². The molecular weight excluding hydrogens is 317 g/mol. The second-order valence-electron chi connectivity index (χ2n) is 1.93. The molecule has 0 aliphatic carbocycles. The van der Waals surface area contributed by atoms with Crippen molar-refractivity contribution in [3.8, 4) is 0 Å². The average Bonchev–Trinajstić information content (AvgIpc) is 1.67. The molecule has 1 unspecified atom stereocenters. The number of aliphatic hydroxyl groups is 1. The third-order valence-corrected chi connectivity index (χ3v) is 1.15. The molecule has 56 valence electrons. The Morgan fingerprint density at radius 3 is 2.00 bits per heavy atom. The Bertz CT molecular complexity index is 100. The molecule has 0 radical (unpaired) electrons. The summed E-state index contributed by atoms with van der Waals surface area (Å²) < 4.78 is 0. The fourth-order valence-corrected chi connectivity index (χ4v) is 0.151. The van der Waals surface area contributed by atoms with Crippen molar-refractivity contribution in [3.05, 3.63) is 0 Å². The summed E-state index contributed by atoms with van der Waals surface area (Å²) in [5.74, 6) is -1.17. The van der Waals surface area contributed by atoms with Gasteiger partial charge in [0, 0.05) is 0 Å². The Hall–Kier alpha value is 0.313. The molecule has 9 heavy (non-hydrogen) atoms. The molecular formula is C5H13BiO3. The van der Waals surface area contributed by atoms with Crippen LogP contribution in [0.15, 0.2) is 0 Å². The number of rotatable bonds is 2. The normalized spacial score (nSPS) is 15.4. The van der Waals surface area contributed by atoms with Crippen molar-refractivity contribution in [1.82, 2.24) is 0 Å². The zero-order chi connectivity index (χ0) is 6.78. The first-order valence-corrected chi connectivity index (χ1v) is 2.46. The second kappa shape index (κ2) is 4.18. The number of hydrogen-bond acceptors (Lipinski definition) is 2. The summed E-state index contributed by atoms with van der Waals surface area (Å²) >= 11 is 0. The summed E-state index contributed by atoms with van der Waals surface area (Å²) in [4.78, 5) is 10.0. The molecule has 0 heterocycles. The van der Waals surface area contributed by atoms with Gasteiger partial charge < -0.3 is 10.2 Å². The topological polar surface area (TPSA) is 57.5 Å². The van der Waals surface area contributed by atoms with E-state index in [1.54, 1.807) is 6.92 Å². The van der Waals surface area contributed by atoms with Crippen LogP contribution in [0.2, 0.25) is 0 Å². The van der Waals surface area contributed by atoms with Crippen molar-refractivity contribution in [3.63, 3.8) is 0 Å². The van der Waals surface area contributed by atoms with Gasteiger partial charge in [-0.3, -0.25) is 0 Å². The number of carboxylic acid groups (broad SMARTS) is 1. The zero-order valence-electron chi connectivity index (χ0n) is 5.72. The van der Waals surface area contributed by atoms with Crippen molar-refractivity contribution >= 4 is 32.2 Å². The van der Waals surface area contributed by atoms with E-state index >= 15 is 0 Å². The van der Waals surface area contributed by atoms with Gasteiger partial charge in [-0.15, -0.1) is 0 Å². The molecule has 3 nitrogen and oxygen atoms in total. The maximum atomic E-state index is 10.0. The van der Waals surface area contributed by atoms with Crippen LogP contribution in [0.5, 0.6) is 0 Å². The third-order valence-electron chi connectivity index (χ3n) is 1.15. The molecule has 0 amide bonds. The third kappa shape index (κ3) is 3.82. The molecule has 1 atom stereocenters. The van der Waals surface area contributed by atoms with Crippen LogP contribution in [-0.2, 0) is 4.79 Å². The Balaban J connectivity index is 0. The minimum atomic E-state index is -1.54. The van der Waals surface area contributed by atoms with E-state index in [0.29, 0.717) is 0 Å². The maximum absolute atomic E-state index is 10.0. The van der Waals surface area contributed by atoms with Gasteiger partial charge in [0.2, 0.25) is 0 Å².